The van der Waals surface area contributed by atoms with Gasteiger partial charge in [0.1, 0.15) is 11.4 Å². The highest BCUT2D eigenvalue weighted by Gasteiger charge is 2.30. The highest BCUT2D eigenvalue weighted by atomic mass is 32.2. The summed E-state index contributed by atoms with van der Waals surface area (Å²) >= 11 is 0. The number of fused-ring (bicyclic) bond motifs is 1. The number of rotatable bonds is 6. The van der Waals surface area contributed by atoms with Gasteiger partial charge in [-0.25, -0.2) is 8.42 Å². The van der Waals surface area contributed by atoms with Crippen LogP contribution in [0, 0.1) is 10.1 Å². The van der Waals surface area contributed by atoms with E-state index in [-0.39, 0.29) is 10.6 Å². The molecule has 182 valence electrons. The Hall–Kier alpha value is -2.69. The molecule has 3 aliphatic heterocycles. The summed E-state index contributed by atoms with van der Waals surface area (Å²) < 4.78 is 33.1. The molecule has 0 aliphatic carbocycles. The summed E-state index contributed by atoms with van der Waals surface area (Å²) in [6, 6.07) is 10.7. The molecule has 0 spiro atoms. The number of piperazine rings is 1. The lowest BCUT2D eigenvalue weighted by atomic mass is 10.1. The minimum atomic E-state index is -3.72. The first-order chi connectivity index (χ1) is 16.4. The van der Waals surface area contributed by atoms with Crippen molar-refractivity contribution < 1.29 is 18.1 Å². The lowest BCUT2D eigenvalue weighted by molar-refractivity contribution is -0.384. The van der Waals surface area contributed by atoms with Crippen molar-refractivity contribution in [3.8, 4) is 5.75 Å². The van der Waals surface area contributed by atoms with Crippen LogP contribution in [-0.4, -0.2) is 68.4 Å². The van der Waals surface area contributed by atoms with Crippen LogP contribution in [0.1, 0.15) is 30.4 Å². The highest BCUT2D eigenvalue weighted by molar-refractivity contribution is 7.89. The van der Waals surface area contributed by atoms with Crippen molar-refractivity contribution in [3.63, 3.8) is 0 Å². The molecule has 0 N–H and O–H groups in total. The van der Waals surface area contributed by atoms with Gasteiger partial charge in [-0.2, -0.15) is 4.31 Å². The van der Waals surface area contributed by atoms with E-state index in [1.165, 1.54) is 27.6 Å². The zero-order chi connectivity index (χ0) is 23.7. The third-order valence-electron chi connectivity index (χ3n) is 6.97. The highest BCUT2D eigenvalue weighted by Crippen LogP contribution is 2.33. The predicted molar refractivity (Wildman–Crippen MR) is 129 cm³/mol. The fourth-order valence-corrected chi connectivity index (χ4v) is 6.61. The van der Waals surface area contributed by atoms with Crippen LogP contribution < -0.4 is 9.64 Å². The van der Waals surface area contributed by atoms with E-state index < -0.39 is 14.9 Å². The quantitative estimate of drug-likeness (QED) is 0.457. The number of benzene rings is 2. The Morgan fingerprint density at radius 3 is 2.44 bits per heavy atom. The molecule has 2 aromatic carbocycles. The number of ether oxygens (including phenoxy) is 1. The zero-order valence-electron chi connectivity index (χ0n) is 19.2. The van der Waals surface area contributed by atoms with E-state index in [4.69, 9.17) is 4.74 Å². The van der Waals surface area contributed by atoms with Gasteiger partial charge in [-0.3, -0.25) is 15.0 Å². The maximum atomic E-state index is 13.0. The SMILES string of the molecule is O=[N+]([O-])c1cc(S(=O)(=O)N2CCCCC2)ccc1N1CCN(Cc2ccc3c(c2)CCO3)CC1. The van der Waals surface area contributed by atoms with Crippen molar-refractivity contribution in [2.75, 3.05) is 50.8 Å². The van der Waals surface area contributed by atoms with Gasteiger partial charge in [-0.05, 0) is 42.2 Å². The van der Waals surface area contributed by atoms with E-state index in [9.17, 15) is 18.5 Å². The van der Waals surface area contributed by atoms with Crippen LogP contribution in [0.2, 0.25) is 0 Å². The molecule has 9 nitrogen and oxygen atoms in total. The van der Waals surface area contributed by atoms with Gasteiger partial charge < -0.3 is 9.64 Å². The average molecular weight is 487 g/mol. The molecule has 0 atom stereocenters. The summed E-state index contributed by atoms with van der Waals surface area (Å²) in [7, 11) is -3.72. The second-order valence-corrected chi connectivity index (χ2v) is 11.1. The van der Waals surface area contributed by atoms with E-state index in [1.807, 2.05) is 11.0 Å². The maximum Gasteiger partial charge on any atom is 0.293 e. The summed E-state index contributed by atoms with van der Waals surface area (Å²) in [6.45, 7) is 5.36. The molecule has 34 heavy (non-hydrogen) atoms. The van der Waals surface area contributed by atoms with E-state index in [1.54, 1.807) is 6.07 Å². The molecule has 2 aromatic rings. The number of piperidine rings is 1. The molecule has 2 fully saturated rings. The molecule has 0 amide bonds. The van der Waals surface area contributed by atoms with Crippen molar-refractivity contribution in [3.05, 3.63) is 57.6 Å². The topological polar surface area (TPSA) is 96.2 Å². The average Bonchev–Trinajstić information content (AvgIpc) is 3.33. The van der Waals surface area contributed by atoms with Gasteiger partial charge in [-0.15, -0.1) is 0 Å². The number of sulfonamides is 1. The molecule has 10 heteroatoms. The molecular formula is C24H30N4O5S. The van der Waals surface area contributed by atoms with Crippen molar-refractivity contribution in [2.45, 2.75) is 37.1 Å². The number of hydrogen-bond acceptors (Lipinski definition) is 7. The first-order valence-corrected chi connectivity index (χ1v) is 13.4. The maximum absolute atomic E-state index is 13.0. The molecule has 0 saturated carbocycles. The van der Waals surface area contributed by atoms with Crippen LogP contribution in [0.5, 0.6) is 5.75 Å². The van der Waals surface area contributed by atoms with Crippen LogP contribution in [0.25, 0.3) is 0 Å². The fraction of sp³-hybridized carbons (Fsp3) is 0.500. The van der Waals surface area contributed by atoms with Crippen LogP contribution in [0.4, 0.5) is 11.4 Å². The number of anilines is 1. The molecule has 0 aromatic heterocycles. The Labute approximate surface area is 200 Å². The van der Waals surface area contributed by atoms with E-state index in [0.29, 0.717) is 31.9 Å². The fourth-order valence-electron chi connectivity index (χ4n) is 5.08. The summed E-state index contributed by atoms with van der Waals surface area (Å²) in [4.78, 5) is 15.7. The Balaban J connectivity index is 1.28. The van der Waals surface area contributed by atoms with Crippen LogP contribution >= 0.6 is 0 Å². The van der Waals surface area contributed by atoms with Crippen molar-refractivity contribution in [2.24, 2.45) is 0 Å². The second kappa shape index (κ2) is 9.52. The third kappa shape index (κ3) is 4.62. The summed E-state index contributed by atoms with van der Waals surface area (Å²) in [5.74, 6) is 0.978. The van der Waals surface area contributed by atoms with Crippen molar-refractivity contribution in [1.82, 2.24) is 9.21 Å². The van der Waals surface area contributed by atoms with Gasteiger partial charge in [0, 0.05) is 58.3 Å². The van der Waals surface area contributed by atoms with E-state index in [0.717, 1.165) is 57.7 Å². The number of nitrogens with zero attached hydrogens (tertiary/aromatic N) is 4. The van der Waals surface area contributed by atoms with Crippen molar-refractivity contribution in [1.29, 1.82) is 0 Å². The number of hydrogen-bond donors (Lipinski definition) is 0. The summed E-state index contributed by atoms with van der Waals surface area (Å²) in [5, 5.41) is 11.9. The molecule has 0 radical (unpaired) electrons. The molecule has 0 bridgehead atoms. The standard InChI is InChI=1S/C24H30N4O5S/c29-28(30)23-17-21(34(31,32)27-9-2-1-3-10-27)5-6-22(23)26-13-11-25(12-14-26)18-19-4-7-24-20(16-19)8-15-33-24/h4-7,16-17H,1-3,8-15,18H2. The Kier molecular flexibility index (Phi) is 6.46. The summed E-state index contributed by atoms with van der Waals surface area (Å²) in [5.41, 5.74) is 2.84. The molecule has 3 aliphatic rings. The molecule has 5 rings (SSSR count). The predicted octanol–water partition coefficient (Wildman–Crippen LogP) is 3.03. The lowest BCUT2D eigenvalue weighted by Crippen LogP contribution is -2.46. The van der Waals surface area contributed by atoms with Gasteiger partial charge in [0.15, 0.2) is 0 Å². The smallest absolute Gasteiger partial charge is 0.293 e. The minimum Gasteiger partial charge on any atom is -0.493 e. The number of nitro benzene ring substituents is 1. The monoisotopic (exact) mass is 486 g/mol. The van der Waals surface area contributed by atoms with E-state index >= 15 is 0 Å². The Morgan fingerprint density at radius 1 is 0.941 bits per heavy atom. The van der Waals surface area contributed by atoms with Gasteiger partial charge >= 0.3 is 0 Å². The first-order valence-electron chi connectivity index (χ1n) is 11.9. The van der Waals surface area contributed by atoms with Gasteiger partial charge in [0.2, 0.25) is 10.0 Å². The zero-order valence-corrected chi connectivity index (χ0v) is 20.0. The number of nitro groups is 1. The normalized spacial score (nSPS) is 19.6. The lowest BCUT2D eigenvalue weighted by Gasteiger charge is -2.36. The van der Waals surface area contributed by atoms with E-state index in [2.05, 4.69) is 17.0 Å². The van der Waals surface area contributed by atoms with Crippen LogP contribution in [0.15, 0.2) is 41.3 Å². The molecule has 0 unspecified atom stereocenters. The van der Waals surface area contributed by atoms with Crippen LogP contribution in [0.3, 0.4) is 0 Å². The Bertz CT molecular complexity index is 1170. The minimum absolute atomic E-state index is 0.00377. The van der Waals surface area contributed by atoms with Gasteiger partial charge in [0.05, 0.1) is 16.4 Å². The van der Waals surface area contributed by atoms with Gasteiger partial charge in [-0.1, -0.05) is 18.6 Å². The third-order valence-corrected chi connectivity index (χ3v) is 8.86. The molecule has 3 heterocycles. The van der Waals surface area contributed by atoms with Crippen molar-refractivity contribution >= 4 is 21.4 Å². The summed E-state index contributed by atoms with van der Waals surface area (Å²) in [6.07, 6.45) is 3.61. The largest absolute Gasteiger partial charge is 0.493 e. The molecule has 2 saturated heterocycles. The Morgan fingerprint density at radius 2 is 1.71 bits per heavy atom. The first kappa shape index (κ1) is 23.1. The molecular weight excluding hydrogens is 456 g/mol. The van der Waals surface area contributed by atoms with Gasteiger partial charge in [0.25, 0.3) is 5.69 Å². The van der Waals surface area contributed by atoms with Crippen LogP contribution in [-0.2, 0) is 23.0 Å². The second-order valence-electron chi connectivity index (χ2n) is 9.18.